The fourth-order valence-corrected chi connectivity index (χ4v) is 2.39. The number of nitrogens with zero attached hydrogens (tertiary/aromatic N) is 2. The van der Waals surface area contributed by atoms with Gasteiger partial charge in [-0.05, 0) is 34.8 Å². The largest absolute Gasteiger partial charge is 0.480 e. The van der Waals surface area contributed by atoms with Crippen molar-refractivity contribution < 1.29 is 14.7 Å². The Balaban J connectivity index is 2.26. The molecule has 6 heteroatoms. The average molecular weight is 299 g/mol. The molecule has 1 aliphatic heterocycles. The molecule has 1 aromatic rings. The van der Waals surface area contributed by atoms with Crippen molar-refractivity contribution in [1.82, 2.24) is 9.88 Å². The van der Waals surface area contributed by atoms with E-state index in [-0.39, 0.29) is 5.91 Å². The second kappa shape index (κ2) is 4.83. The number of carbonyl (C=O) groups is 2. The molecule has 0 saturated carbocycles. The van der Waals surface area contributed by atoms with Crippen LogP contribution in [-0.4, -0.2) is 39.5 Å². The first kappa shape index (κ1) is 12.0. The Kier molecular flexibility index (Phi) is 3.42. The summed E-state index contributed by atoms with van der Waals surface area (Å²) in [4.78, 5) is 28.5. The molecule has 90 valence electrons. The van der Waals surface area contributed by atoms with E-state index in [9.17, 15) is 9.59 Å². The van der Waals surface area contributed by atoms with Crippen molar-refractivity contribution >= 4 is 27.8 Å². The predicted molar refractivity (Wildman–Crippen MR) is 63.6 cm³/mol. The standard InChI is InChI=1S/C11H11BrN2O3/c12-8-6-13-4-3-7(8)10(15)14-5-1-2-9(14)11(16)17/h3-4,6,9H,1-2,5H2,(H,16,17). The van der Waals surface area contributed by atoms with Crippen molar-refractivity contribution in [2.45, 2.75) is 18.9 Å². The first-order valence-corrected chi connectivity index (χ1v) is 6.04. The third-order valence-corrected chi connectivity index (χ3v) is 3.43. The van der Waals surface area contributed by atoms with E-state index >= 15 is 0 Å². The number of amides is 1. The van der Waals surface area contributed by atoms with Gasteiger partial charge in [-0.1, -0.05) is 0 Å². The first-order valence-electron chi connectivity index (χ1n) is 5.24. The lowest BCUT2D eigenvalue weighted by atomic mass is 10.2. The molecule has 1 aromatic heterocycles. The molecule has 0 aromatic carbocycles. The van der Waals surface area contributed by atoms with Crippen LogP contribution in [0.3, 0.4) is 0 Å². The number of aromatic nitrogens is 1. The molecule has 17 heavy (non-hydrogen) atoms. The minimum absolute atomic E-state index is 0.260. The van der Waals surface area contributed by atoms with E-state index < -0.39 is 12.0 Å². The third-order valence-electron chi connectivity index (χ3n) is 2.80. The fraction of sp³-hybridized carbons (Fsp3) is 0.364. The van der Waals surface area contributed by atoms with Crippen LogP contribution in [0.15, 0.2) is 22.9 Å². The van der Waals surface area contributed by atoms with Crippen LogP contribution < -0.4 is 0 Å². The first-order chi connectivity index (χ1) is 8.11. The molecule has 1 aliphatic rings. The Labute approximate surface area is 107 Å². The quantitative estimate of drug-likeness (QED) is 0.899. The summed E-state index contributed by atoms with van der Waals surface area (Å²) in [5, 5.41) is 9.03. The maximum absolute atomic E-state index is 12.2. The molecule has 1 saturated heterocycles. The molecule has 5 nitrogen and oxygen atoms in total. The number of carboxylic acids is 1. The molecule has 1 unspecified atom stereocenters. The highest BCUT2D eigenvalue weighted by atomic mass is 79.9. The molecule has 1 amide bonds. The highest BCUT2D eigenvalue weighted by Crippen LogP contribution is 2.23. The monoisotopic (exact) mass is 298 g/mol. The highest BCUT2D eigenvalue weighted by Gasteiger charge is 2.34. The number of carboxylic acid groups (broad SMARTS) is 1. The van der Waals surface area contributed by atoms with Crippen molar-refractivity contribution in [3.63, 3.8) is 0 Å². The van der Waals surface area contributed by atoms with Gasteiger partial charge >= 0.3 is 5.97 Å². The maximum Gasteiger partial charge on any atom is 0.326 e. The summed E-state index contributed by atoms with van der Waals surface area (Å²) >= 11 is 3.24. The number of carbonyl (C=O) groups excluding carboxylic acids is 1. The van der Waals surface area contributed by atoms with Gasteiger partial charge in [-0.3, -0.25) is 9.78 Å². The second-order valence-corrected chi connectivity index (χ2v) is 4.70. The summed E-state index contributed by atoms with van der Waals surface area (Å²) in [6, 6.07) is 0.881. The number of aliphatic carboxylic acids is 1. The van der Waals surface area contributed by atoms with Gasteiger partial charge in [0.1, 0.15) is 6.04 Å². The predicted octanol–water partition coefficient (Wildman–Crippen LogP) is 1.53. The van der Waals surface area contributed by atoms with E-state index in [2.05, 4.69) is 20.9 Å². The Morgan fingerprint density at radius 1 is 1.53 bits per heavy atom. The molecule has 1 N–H and O–H groups in total. The number of likely N-dealkylation sites (tertiary alicyclic amines) is 1. The molecule has 2 rings (SSSR count). The average Bonchev–Trinajstić information content (AvgIpc) is 2.77. The summed E-state index contributed by atoms with van der Waals surface area (Å²) in [6.45, 7) is 0.491. The highest BCUT2D eigenvalue weighted by molar-refractivity contribution is 9.10. The van der Waals surface area contributed by atoms with E-state index in [1.54, 1.807) is 6.07 Å². The van der Waals surface area contributed by atoms with Gasteiger partial charge in [-0.25, -0.2) is 4.79 Å². The Morgan fingerprint density at radius 3 is 2.94 bits per heavy atom. The fourth-order valence-electron chi connectivity index (χ4n) is 1.97. The van der Waals surface area contributed by atoms with Gasteiger partial charge in [0.2, 0.25) is 0 Å². The molecular weight excluding hydrogens is 288 g/mol. The van der Waals surface area contributed by atoms with Crippen molar-refractivity contribution in [1.29, 1.82) is 0 Å². The summed E-state index contributed by atoms with van der Waals surface area (Å²) in [6.07, 6.45) is 4.29. The van der Waals surface area contributed by atoms with Crippen LogP contribution in [0.2, 0.25) is 0 Å². The Morgan fingerprint density at radius 2 is 2.29 bits per heavy atom. The SMILES string of the molecule is O=C(O)C1CCCN1C(=O)c1ccncc1Br. The van der Waals surface area contributed by atoms with E-state index in [0.29, 0.717) is 23.0 Å². The van der Waals surface area contributed by atoms with Gasteiger partial charge in [0.05, 0.1) is 5.56 Å². The Bertz CT molecular complexity index is 464. The third kappa shape index (κ3) is 2.31. The van der Waals surface area contributed by atoms with Gasteiger partial charge in [0.15, 0.2) is 0 Å². The van der Waals surface area contributed by atoms with Crippen LogP contribution in [0.4, 0.5) is 0 Å². The summed E-state index contributed by atoms with van der Waals surface area (Å²) in [5.74, 6) is -1.20. The van der Waals surface area contributed by atoms with E-state index in [0.717, 1.165) is 6.42 Å². The van der Waals surface area contributed by atoms with Gasteiger partial charge in [0.25, 0.3) is 5.91 Å². The van der Waals surface area contributed by atoms with Crippen LogP contribution in [-0.2, 0) is 4.79 Å². The van der Waals surface area contributed by atoms with Crippen molar-refractivity contribution in [3.8, 4) is 0 Å². The Hall–Kier alpha value is -1.43. The van der Waals surface area contributed by atoms with Crippen LogP contribution >= 0.6 is 15.9 Å². The van der Waals surface area contributed by atoms with E-state index in [4.69, 9.17) is 5.11 Å². The molecule has 1 atom stereocenters. The van der Waals surface area contributed by atoms with Crippen molar-refractivity contribution in [2.24, 2.45) is 0 Å². The van der Waals surface area contributed by atoms with E-state index in [1.165, 1.54) is 17.3 Å². The minimum Gasteiger partial charge on any atom is -0.480 e. The second-order valence-electron chi connectivity index (χ2n) is 3.85. The zero-order valence-corrected chi connectivity index (χ0v) is 10.6. The summed E-state index contributed by atoms with van der Waals surface area (Å²) < 4.78 is 0.584. The lowest BCUT2D eigenvalue weighted by Crippen LogP contribution is -2.40. The topological polar surface area (TPSA) is 70.5 Å². The van der Waals surface area contributed by atoms with Gasteiger partial charge in [-0.15, -0.1) is 0 Å². The molecule has 0 radical (unpaired) electrons. The number of hydrogen-bond donors (Lipinski definition) is 1. The maximum atomic E-state index is 12.2. The van der Waals surface area contributed by atoms with Crippen molar-refractivity contribution in [2.75, 3.05) is 6.54 Å². The van der Waals surface area contributed by atoms with Crippen LogP contribution in [0.5, 0.6) is 0 Å². The molecule has 0 spiro atoms. The van der Waals surface area contributed by atoms with Crippen LogP contribution in [0, 0.1) is 0 Å². The zero-order valence-electron chi connectivity index (χ0n) is 8.97. The number of pyridine rings is 1. The number of halogens is 1. The molecular formula is C11H11BrN2O3. The zero-order chi connectivity index (χ0) is 12.4. The van der Waals surface area contributed by atoms with E-state index in [1.807, 2.05) is 0 Å². The van der Waals surface area contributed by atoms with Crippen LogP contribution in [0.1, 0.15) is 23.2 Å². The van der Waals surface area contributed by atoms with Crippen molar-refractivity contribution in [3.05, 3.63) is 28.5 Å². The summed E-state index contributed by atoms with van der Waals surface area (Å²) in [7, 11) is 0. The lowest BCUT2D eigenvalue weighted by molar-refractivity contribution is -0.141. The molecule has 0 aliphatic carbocycles. The lowest BCUT2D eigenvalue weighted by Gasteiger charge is -2.21. The molecule has 1 fully saturated rings. The minimum atomic E-state index is -0.943. The number of hydrogen-bond acceptors (Lipinski definition) is 3. The van der Waals surface area contributed by atoms with Gasteiger partial charge in [-0.2, -0.15) is 0 Å². The smallest absolute Gasteiger partial charge is 0.326 e. The number of rotatable bonds is 2. The molecule has 2 heterocycles. The summed E-state index contributed by atoms with van der Waals surface area (Å²) in [5.41, 5.74) is 0.452. The van der Waals surface area contributed by atoms with Gasteiger partial charge in [0, 0.05) is 23.4 Å². The molecule has 0 bridgehead atoms. The van der Waals surface area contributed by atoms with Crippen LogP contribution in [0.25, 0.3) is 0 Å². The van der Waals surface area contributed by atoms with Gasteiger partial charge < -0.3 is 10.0 Å². The normalized spacial score (nSPS) is 19.4.